The Morgan fingerprint density at radius 2 is 1.79 bits per heavy atom. The molecule has 8 nitrogen and oxygen atoms in total. The number of nitriles is 1. The van der Waals surface area contributed by atoms with Crippen LogP contribution < -0.4 is 20.3 Å². The number of methoxy groups -OCH3 is 1. The topological polar surface area (TPSA) is 106 Å². The Morgan fingerprint density at radius 1 is 1.06 bits per heavy atom. The number of hydrogen-bond acceptors (Lipinski definition) is 6. The lowest BCUT2D eigenvalue weighted by atomic mass is 10.1. The van der Waals surface area contributed by atoms with Crippen LogP contribution in [-0.2, 0) is 4.79 Å². The summed E-state index contributed by atoms with van der Waals surface area (Å²) < 4.78 is 12.4. The molecule has 2 aromatic heterocycles. The van der Waals surface area contributed by atoms with Gasteiger partial charge in [-0.3, -0.25) is 14.0 Å². The number of nitrogens with zero attached hydrogens (tertiary/aromatic N) is 3. The maximum atomic E-state index is 13.2. The van der Waals surface area contributed by atoms with Gasteiger partial charge in [-0.2, -0.15) is 10.2 Å². The molecule has 0 saturated heterocycles. The quantitative estimate of drug-likeness (QED) is 0.360. The van der Waals surface area contributed by atoms with Crippen LogP contribution >= 0.6 is 0 Å². The molecule has 4 aromatic rings. The molecule has 0 radical (unpaired) electrons. The standard InChI is InChI=1S/C25H18N4O4/c1-32-21-12-6-5-11-20(21)27-23(30)17(16-26)15-19-24(33-18-9-3-2-4-10-18)28-22-13-7-8-14-29(22)25(19)31/h2-15H,1H3,(H,27,30)/b17-15+. The third-order valence-electron chi connectivity index (χ3n) is 4.70. The van der Waals surface area contributed by atoms with Gasteiger partial charge in [0.15, 0.2) is 0 Å². The molecule has 0 aliphatic carbocycles. The lowest BCUT2D eigenvalue weighted by Crippen LogP contribution is -2.20. The molecule has 1 N–H and O–H groups in total. The molecule has 0 spiro atoms. The zero-order chi connectivity index (χ0) is 23.2. The molecule has 2 aromatic carbocycles. The van der Waals surface area contributed by atoms with Crippen LogP contribution in [0.25, 0.3) is 11.7 Å². The van der Waals surface area contributed by atoms with Gasteiger partial charge >= 0.3 is 0 Å². The summed E-state index contributed by atoms with van der Waals surface area (Å²) in [5.41, 5.74) is -0.0601. The van der Waals surface area contributed by atoms with E-state index in [-0.39, 0.29) is 17.0 Å². The number of anilines is 1. The summed E-state index contributed by atoms with van der Waals surface area (Å²) in [6.07, 6.45) is 2.73. The first-order valence-corrected chi connectivity index (χ1v) is 9.91. The summed E-state index contributed by atoms with van der Waals surface area (Å²) in [4.78, 5) is 30.5. The SMILES string of the molecule is COc1ccccc1NC(=O)/C(C#N)=C/c1c(Oc2ccccc2)nc2ccccn2c1=O. The maximum absolute atomic E-state index is 13.2. The van der Waals surface area contributed by atoms with E-state index in [1.807, 2.05) is 12.1 Å². The van der Waals surface area contributed by atoms with Gasteiger partial charge in [0.1, 0.15) is 34.4 Å². The number of amides is 1. The number of carbonyl (C=O) groups excluding carboxylic acids is 1. The number of nitrogens with one attached hydrogen (secondary N) is 1. The van der Waals surface area contributed by atoms with Gasteiger partial charge in [0.25, 0.3) is 11.5 Å². The normalized spacial score (nSPS) is 11.0. The van der Waals surface area contributed by atoms with Crippen molar-refractivity contribution in [3.05, 3.63) is 100 Å². The molecule has 4 rings (SSSR count). The van der Waals surface area contributed by atoms with Gasteiger partial charge < -0.3 is 14.8 Å². The molecule has 0 atom stereocenters. The van der Waals surface area contributed by atoms with Crippen LogP contribution in [0.3, 0.4) is 0 Å². The van der Waals surface area contributed by atoms with E-state index in [0.717, 1.165) is 0 Å². The molecule has 8 heteroatoms. The van der Waals surface area contributed by atoms with Gasteiger partial charge in [-0.1, -0.05) is 36.4 Å². The molecule has 0 unspecified atom stereocenters. The molecule has 0 saturated carbocycles. The van der Waals surface area contributed by atoms with Crippen molar-refractivity contribution in [1.29, 1.82) is 5.26 Å². The second-order valence-electron chi connectivity index (χ2n) is 6.80. The number of hydrogen-bond donors (Lipinski definition) is 1. The summed E-state index contributed by atoms with van der Waals surface area (Å²) >= 11 is 0. The van der Waals surface area contributed by atoms with Crippen molar-refractivity contribution in [1.82, 2.24) is 9.38 Å². The van der Waals surface area contributed by atoms with Gasteiger partial charge in [0.2, 0.25) is 5.88 Å². The van der Waals surface area contributed by atoms with E-state index >= 15 is 0 Å². The fourth-order valence-corrected chi connectivity index (χ4v) is 3.11. The minimum atomic E-state index is -0.704. The first kappa shape index (κ1) is 21.3. The summed E-state index contributed by atoms with van der Waals surface area (Å²) in [5.74, 6) is 0.167. The van der Waals surface area contributed by atoms with E-state index in [1.165, 1.54) is 17.6 Å². The highest BCUT2D eigenvalue weighted by Gasteiger charge is 2.18. The Balaban J connectivity index is 1.80. The molecular formula is C25H18N4O4. The number of aromatic nitrogens is 2. The van der Waals surface area contributed by atoms with Crippen LogP contribution in [-0.4, -0.2) is 22.4 Å². The van der Waals surface area contributed by atoms with Crippen molar-refractivity contribution >= 4 is 23.3 Å². The Kier molecular flexibility index (Phi) is 6.14. The first-order chi connectivity index (χ1) is 16.1. The monoisotopic (exact) mass is 438 g/mol. The maximum Gasteiger partial charge on any atom is 0.269 e. The van der Waals surface area contributed by atoms with Crippen LogP contribution in [0, 0.1) is 11.3 Å². The van der Waals surface area contributed by atoms with Crippen molar-refractivity contribution in [3.63, 3.8) is 0 Å². The molecule has 0 aliphatic heterocycles. The number of benzene rings is 2. The van der Waals surface area contributed by atoms with Crippen LogP contribution in [0.2, 0.25) is 0 Å². The van der Waals surface area contributed by atoms with E-state index in [1.54, 1.807) is 72.9 Å². The highest BCUT2D eigenvalue weighted by Crippen LogP contribution is 2.26. The summed E-state index contributed by atoms with van der Waals surface area (Å²) in [5, 5.41) is 12.3. The van der Waals surface area contributed by atoms with E-state index < -0.39 is 11.5 Å². The lowest BCUT2D eigenvalue weighted by molar-refractivity contribution is -0.112. The number of pyridine rings is 1. The molecule has 0 bridgehead atoms. The molecule has 0 aliphatic rings. The Bertz CT molecular complexity index is 1450. The third-order valence-corrected chi connectivity index (χ3v) is 4.70. The highest BCUT2D eigenvalue weighted by molar-refractivity contribution is 6.10. The minimum absolute atomic E-state index is 0.0183. The van der Waals surface area contributed by atoms with E-state index in [9.17, 15) is 14.9 Å². The predicted molar refractivity (Wildman–Crippen MR) is 123 cm³/mol. The summed E-state index contributed by atoms with van der Waals surface area (Å²) in [6, 6.07) is 22.5. The number of carbonyl (C=O) groups is 1. The highest BCUT2D eigenvalue weighted by atomic mass is 16.5. The van der Waals surface area contributed by atoms with E-state index in [0.29, 0.717) is 22.8 Å². The lowest BCUT2D eigenvalue weighted by Gasteiger charge is -2.11. The van der Waals surface area contributed by atoms with Gasteiger partial charge in [-0.25, -0.2) is 0 Å². The van der Waals surface area contributed by atoms with Crippen LogP contribution in [0.5, 0.6) is 17.4 Å². The fraction of sp³-hybridized carbons (Fsp3) is 0.0400. The number of para-hydroxylation sites is 3. The smallest absolute Gasteiger partial charge is 0.269 e. The average molecular weight is 438 g/mol. The Hall–Kier alpha value is -4.90. The summed E-state index contributed by atoms with van der Waals surface area (Å²) in [7, 11) is 1.47. The van der Waals surface area contributed by atoms with E-state index in [4.69, 9.17) is 9.47 Å². The van der Waals surface area contributed by atoms with Crippen LogP contribution in [0.15, 0.2) is 89.4 Å². The van der Waals surface area contributed by atoms with Gasteiger partial charge in [0.05, 0.1) is 12.8 Å². The zero-order valence-electron chi connectivity index (χ0n) is 17.6. The number of fused-ring (bicyclic) bond motifs is 1. The Labute approximate surface area is 189 Å². The average Bonchev–Trinajstić information content (AvgIpc) is 2.85. The summed E-state index contributed by atoms with van der Waals surface area (Å²) in [6.45, 7) is 0. The second-order valence-corrected chi connectivity index (χ2v) is 6.80. The van der Waals surface area contributed by atoms with Crippen molar-refractivity contribution < 1.29 is 14.3 Å². The van der Waals surface area contributed by atoms with Crippen LogP contribution in [0.1, 0.15) is 5.56 Å². The molecule has 33 heavy (non-hydrogen) atoms. The van der Waals surface area contributed by atoms with Gasteiger partial charge in [-0.05, 0) is 42.5 Å². The van der Waals surface area contributed by atoms with Crippen LogP contribution in [0.4, 0.5) is 5.69 Å². The Morgan fingerprint density at radius 3 is 2.55 bits per heavy atom. The third kappa shape index (κ3) is 4.57. The van der Waals surface area contributed by atoms with Crippen molar-refractivity contribution in [2.24, 2.45) is 0 Å². The zero-order valence-corrected chi connectivity index (χ0v) is 17.6. The number of ether oxygens (including phenoxy) is 2. The van der Waals surface area contributed by atoms with Gasteiger partial charge in [-0.15, -0.1) is 0 Å². The molecule has 0 fully saturated rings. The minimum Gasteiger partial charge on any atom is -0.495 e. The van der Waals surface area contributed by atoms with Crippen molar-refractivity contribution in [2.45, 2.75) is 0 Å². The second kappa shape index (κ2) is 9.49. The van der Waals surface area contributed by atoms with Crippen molar-refractivity contribution in [2.75, 3.05) is 12.4 Å². The van der Waals surface area contributed by atoms with E-state index in [2.05, 4.69) is 10.3 Å². The fourth-order valence-electron chi connectivity index (χ4n) is 3.11. The molecule has 1 amide bonds. The predicted octanol–water partition coefficient (Wildman–Crippen LogP) is 4.04. The van der Waals surface area contributed by atoms with Crippen molar-refractivity contribution in [3.8, 4) is 23.4 Å². The molecule has 2 heterocycles. The van der Waals surface area contributed by atoms with Gasteiger partial charge in [0, 0.05) is 6.20 Å². The number of rotatable bonds is 6. The first-order valence-electron chi connectivity index (χ1n) is 9.91. The molecular weight excluding hydrogens is 420 g/mol. The largest absolute Gasteiger partial charge is 0.495 e. The molecule has 162 valence electrons.